The van der Waals surface area contributed by atoms with Gasteiger partial charge in [-0.3, -0.25) is 4.98 Å². The predicted octanol–water partition coefficient (Wildman–Crippen LogP) is 3.57. The molecule has 0 fully saturated rings. The van der Waals surface area contributed by atoms with E-state index in [4.69, 9.17) is 0 Å². The number of pyridine rings is 1. The maximum absolute atomic E-state index is 13.6. The molecule has 5 heteroatoms. The zero-order valence-corrected chi connectivity index (χ0v) is 12.0. The fourth-order valence-electron chi connectivity index (χ4n) is 2.61. The average molecular weight is 289 g/mol. The Kier molecular flexibility index (Phi) is 3.27. The molecule has 0 unspecified atom stereocenters. The fourth-order valence-corrected chi connectivity index (χ4v) is 2.61. The minimum atomic E-state index is -0.831. The van der Waals surface area contributed by atoms with Crippen LogP contribution in [0.2, 0.25) is 0 Å². The van der Waals surface area contributed by atoms with Crippen molar-refractivity contribution in [3.63, 3.8) is 0 Å². The predicted molar refractivity (Wildman–Crippen MR) is 79.3 cm³/mol. The Hall–Kier alpha value is -2.17. The van der Waals surface area contributed by atoms with Crippen LogP contribution in [0.25, 0.3) is 0 Å². The molecule has 0 saturated heterocycles. The molecule has 110 valence electrons. The van der Waals surface area contributed by atoms with Crippen molar-refractivity contribution in [3.05, 3.63) is 53.9 Å². The summed E-state index contributed by atoms with van der Waals surface area (Å²) in [6, 6.07) is 6.33. The van der Waals surface area contributed by atoms with Crippen molar-refractivity contribution >= 4 is 11.4 Å². The van der Waals surface area contributed by atoms with E-state index >= 15 is 0 Å². The number of hydrogen-bond acceptors (Lipinski definition) is 3. The van der Waals surface area contributed by atoms with E-state index in [1.165, 1.54) is 12.1 Å². The molecule has 0 aliphatic carbocycles. The van der Waals surface area contributed by atoms with Crippen LogP contribution in [0.15, 0.2) is 36.7 Å². The number of anilines is 2. The van der Waals surface area contributed by atoms with Crippen molar-refractivity contribution in [2.45, 2.75) is 25.9 Å². The van der Waals surface area contributed by atoms with Gasteiger partial charge in [-0.15, -0.1) is 0 Å². The SMILES string of the molecule is CC1(C)CNc2cc(F)c(F)cc2N1Cc1cccnc1. The molecule has 0 bridgehead atoms. The van der Waals surface area contributed by atoms with Crippen LogP contribution in [0.3, 0.4) is 0 Å². The third kappa shape index (κ3) is 2.55. The second-order valence-electron chi connectivity index (χ2n) is 5.90. The Bertz CT molecular complexity index is 656. The number of halogens is 2. The second-order valence-corrected chi connectivity index (χ2v) is 5.90. The molecule has 0 atom stereocenters. The standard InChI is InChI=1S/C16H17F2N3/c1-16(2)10-20-14-6-12(17)13(18)7-15(14)21(16)9-11-4-3-5-19-8-11/h3-8,20H,9-10H2,1-2H3. The summed E-state index contributed by atoms with van der Waals surface area (Å²) in [7, 11) is 0. The Morgan fingerprint density at radius 3 is 2.76 bits per heavy atom. The highest BCUT2D eigenvalue weighted by atomic mass is 19.2. The molecule has 1 aliphatic rings. The van der Waals surface area contributed by atoms with Gasteiger partial charge in [-0.05, 0) is 25.5 Å². The van der Waals surface area contributed by atoms with Crippen LogP contribution in [0, 0.1) is 11.6 Å². The normalized spacial score (nSPS) is 16.3. The van der Waals surface area contributed by atoms with Crippen molar-refractivity contribution in [3.8, 4) is 0 Å². The van der Waals surface area contributed by atoms with Crippen LogP contribution in [0.1, 0.15) is 19.4 Å². The summed E-state index contributed by atoms with van der Waals surface area (Å²) in [5, 5.41) is 3.17. The Labute approximate surface area is 122 Å². The number of aromatic nitrogens is 1. The summed E-state index contributed by atoms with van der Waals surface area (Å²) >= 11 is 0. The number of benzene rings is 1. The fraction of sp³-hybridized carbons (Fsp3) is 0.312. The van der Waals surface area contributed by atoms with Crippen molar-refractivity contribution in [1.82, 2.24) is 4.98 Å². The Balaban J connectivity index is 2.03. The number of hydrogen-bond donors (Lipinski definition) is 1. The van der Waals surface area contributed by atoms with Crippen LogP contribution in [-0.2, 0) is 6.54 Å². The monoisotopic (exact) mass is 289 g/mol. The third-order valence-electron chi connectivity index (χ3n) is 3.84. The Morgan fingerprint density at radius 1 is 1.29 bits per heavy atom. The zero-order chi connectivity index (χ0) is 15.0. The van der Waals surface area contributed by atoms with Crippen molar-refractivity contribution in [1.29, 1.82) is 0 Å². The Morgan fingerprint density at radius 2 is 2.05 bits per heavy atom. The molecule has 1 aliphatic heterocycles. The van der Waals surface area contributed by atoms with Crippen LogP contribution in [-0.4, -0.2) is 17.1 Å². The van der Waals surface area contributed by atoms with Gasteiger partial charge < -0.3 is 10.2 Å². The molecule has 1 aromatic carbocycles. The highest BCUT2D eigenvalue weighted by Gasteiger charge is 2.33. The van der Waals surface area contributed by atoms with E-state index in [1.54, 1.807) is 12.4 Å². The molecule has 3 nitrogen and oxygen atoms in total. The summed E-state index contributed by atoms with van der Waals surface area (Å²) in [4.78, 5) is 6.19. The average Bonchev–Trinajstić information content (AvgIpc) is 2.46. The van der Waals surface area contributed by atoms with E-state index in [2.05, 4.69) is 29.0 Å². The number of rotatable bonds is 2. The molecular formula is C16H17F2N3. The molecule has 0 amide bonds. The first-order chi connectivity index (χ1) is 9.97. The van der Waals surface area contributed by atoms with E-state index in [0.717, 1.165) is 5.56 Å². The lowest BCUT2D eigenvalue weighted by molar-refractivity contribution is 0.462. The molecule has 0 saturated carbocycles. The molecule has 0 spiro atoms. The van der Waals surface area contributed by atoms with Gasteiger partial charge in [0.2, 0.25) is 0 Å². The first kappa shape index (κ1) is 13.8. The van der Waals surface area contributed by atoms with Crippen LogP contribution in [0.5, 0.6) is 0 Å². The maximum Gasteiger partial charge on any atom is 0.161 e. The minimum Gasteiger partial charge on any atom is -0.381 e. The van der Waals surface area contributed by atoms with Gasteiger partial charge in [0.05, 0.1) is 16.9 Å². The quantitative estimate of drug-likeness (QED) is 0.916. The van der Waals surface area contributed by atoms with Crippen molar-refractivity contribution in [2.75, 3.05) is 16.8 Å². The van der Waals surface area contributed by atoms with Gasteiger partial charge in [0.25, 0.3) is 0 Å². The van der Waals surface area contributed by atoms with Gasteiger partial charge in [-0.2, -0.15) is 0 Å². The number of nitrogens with zero attached hydrogens (tertiary/aromatic N) is 2. The van der Waals surface area contributed by atoms with E-state index in [1.807, 2.05) is 12.1 Å². The highest BCUT2D eigenvalue weighted by Crippen LogP contribution is 2.38. The molecule has 21 heavy (non-hydrogen) atoms. The lowest BCUT2D eigenvalue weighted by Crippen LogP contribution is -2.51. The molecule has 0 radical (unpaired) electrons. The van der Waals surface area contributed by atoms with E-state index < -0.39 is 11.6 Å². The summed E-state index contributed by atoms with van der Waals surface area (Å²) in [5.74, 6) is -1.66. The molecule has 3 rings (SSSR count). The zero-order valence-electron chi connectivity index (χ0n) is 12.0. The summed E-state index contributed by atoms with van der Waals surface area (Å²) in [6.07, 6.45) is 3.51. The van der Waals surface area contributed by atoms with Crippen LogP contribution < -0.4 is 10.2 Å². The summed E-state index contributed by atoms with van der Waals surface area (Å²) < 4.78 is 27.0. The van der Waals surface area contributed by atoms with Gasteiger partial charge >= 0.3 is 0 Å². The largest absolute Gasteiger partial charge is 0.381 e. The first-order valence-electron chi connectivity index (χ1n) is 6.87. The smallest absolute Gasteiger partial charge is 0.161 e. The van der Waals surface area contributed by atoms with E-state index in [9.17, 15) is 8.78 Å². The van der Waals surface area contributed by atoms with Crippen LogP contribution >= 0.6 is 0 Å². The minimum absolute atomic E-state index is 0.215. The third-order valence-corrected chi connectivity index (χ3v) is 3.84. The summed E-state index contributed by atoms with van der Waals surface area (Å²) in [5.41, 5.74) is 2.11. The lowest BCUT2D eigenvalue weighted by Gasteiger charge is -2.45. The van der Waals surface area contributed by atoms with Gasteiger partial charge in [-0.25, -0.2) is 8.78 Å². The maximum atomic E-state index is 13.6. The second kappa shape index (κ2) is 4.98. The first-order valence-corrected chi connectivity index (χ1v) is 6.87. The van der Waals surface area contributed by atoms with Gasteiger partial charge in [-0.1, -0.05) is 6.07 Å². The van der Waals surface area contributed by atoms with Crippen LogP contribution in [0.4, 0.5) is 20.2 Å². The van der Waals surface area contributed by atoms with Crippen molar-refractivity contribution in [2.24, 2.45) is 0 Å². The summed E-state index contributed by atoms with van der Waals surface area (Å²) in [6.45, 7) is 5.40. The van der Waals surface area contributed by atoms with Crippen molar-refractivity contribution < 1.29 is 8.78 Å². The number of nitrogens with one attached hydrogen (secondary N) is 1. The molecular weight excluding hydrogens is 272 g/mol. The molecule has 2 aromatic rings. The lowest BCUT2D eigenvalue weighted by atomic mass is 9.96. The topological polar surface area (TPSA) is 28.2 Å². The van der Waals surface area contributed by atoms with Gasteiger partial charge in [0.1, 0.15) is 0 Å². The van der Waals surface area contributed by atoms with Gasteiger partial charge in [0.15, 0.2) is 11.6 Å². The highest BCUT2D eigenvalue weighted by molar-refractivity contribution is 5.74. The van der Waals surface area contributed by atoms with Gasteiger partial charge in [0, 0.05) is 37.6 Å². The molecule has 2 heterocycles. The molecule has 1 N–H and O–H groups in total. The number of fused-ring (bicyclic) bond motifs is 1. The van der Waals surface area contributed by atoms with E-state index in [-0.39, 0.29) is 5.54 Å². The van der Waals surface area contributed by atoms with E-state index in [0.29, 0.717) is 24.5 Å². The molecule has 1 aromatic heterocycles.